The average Bonchev–Trinajstić information content (AvgIpc) is 2.34. The summed E-state index contributed by atoms with van der Waals surface area (Å²) in [5.74, 6) is 1.07. The summed E-state index contributed by atoms with van der Waals surface area (Å²) in [6, 6.07) is 0. The lowest BCUT2D eigenvalue weighted by molar-refractivity contribution is 0.365. The highest BCUT2D eigenvalue weighted by molar-refractivity contribution is 7.79. The Bertz CT molecular complexity index is 217. The van der Waals surface area contributed by atoms with Gasteiger partial charge in [-0.1, -0.05) is 13.8 Å². The van der Waals surface area contributed by atoms with Gasteiger partial charge in [-0.2, -0.15) is 4.21 Å². The predicted octanol–water partition coefficient (Wildman–Crippen LogP) is 0.0437. The van der Waals surface area contributed by atoms with Gasteiger partial charge in [0, 0.05) is 13.6 Å². The Morgan fingerprint density at radius 3 is 2.83 bits per heavy atom. The smallest absolute Gasteiger partial charge is 0.339 e. The van der Waals surface area contributed by atoms with Crippen molar-refractivity contribution in [1.29, 1.82) is 0 Å². The molecule has 0 spiro atoms. The minimum absolute atomic E-state index is 0.530. The van der Waals surface area contributed by atoms with E-state index in [1.54, 1.807) is 0 Å². The second kappa shape index (κ2) is 3.75. The molecule has 0 amide bonds. The maximum absolute atomic E-state index is 10.7. The molecule has 1 aliphatic heterocycles. The van der Waals surface area contributed by atoms with Gasteiger partial charge in [0.05, 0.1) is 0 Å². The van der Waals surface area contributed by atoms with Crippen LogP contribution in [0.4, 0.5) is 0 Å². The van der Waals surface area contributed by atoms with Gasteiger partial charge in [0.1, 0.15) is 0 Å². The highest BCUT2D eigenvalue weighted by Crippen LogP contribution is 2.01. The van der Waals surface area contributed by atoms with E-state index in [0.29, 0.717) is 11.9 Å². The summed E-state index contributed by atoms with van der Waals surface area (Å²) >= 11 is -1.48. The molecular weight excluding hydrogens is 178 g/mol. The van der Waals surface area contributed by atoms with Crippen molar-refractivity contribution in [3.05, 3.63) is 0 Å². The minimum Gasteiger partial charge on any atom is -0.342 e. The quantitative estimate of drug-likeness (QED) is 0.670. The molecule has 0 aromatic carbocycles. The lowest BCUT2D eigenvalue weighted by atomic mass is 10.2. The first-order valence-corrected chi connectivity index (χ1v) is 4.82. The Balaban J connectivity index is 2.43. The fraction of sp³-hybridized carbons (Fsp3) is 0.833. The monoisotopic (exact) mass is 191 g/mol. The summed E-state index contributed by atoms with van der Waals surface area (Å²) in [7, 11) is 1.87. The molecule has 12 heavy (non-hydrogen) atoms. The number of nitrogens with zero attached hydrogens (tertiary/aromatic N) is 2. The van der Waals surface area contributed by atoms with E-state index >= 15 is 0 Å². The Kier molecular flexibility index (Phi) is 2.91. The Hall–Kier alpha value is -0.780. The summed E-state index contributed by atoms with van der Waals surface area (Å²) in [6.45, 7) is 5.06. The van der Waals surface area contributed by atoms with Gasteiger partial charge in [0.15, 0.2) is 0 Å². The van der Waals surface area contributed by atoms with Gasteiger partial charge >= 0.3 is 11.3 Å². The molecule has 1 heterocycles. The van der Waals surface area contributed by atoms with Crippen molar-refractivity contribution >= 4 is 17.2 Å². The van der Waals surface area contributed by atoms with E-state index in [2.05, 4.69) is 28.0 Å². The normalized spacial score (nSPS) is 21.7. The molecule has 1 aliphatic rings. The summed E-state index contributed by atoms with van der Waals surface area (Å²) < 4.78 is 17.7. The van der Waals surface area contributed by atoms with Crippen LogP contribution in [-0.2, 0) is 15.6 Å². The van der Waals surface area contributed by atoms with Gasteiger partial charge in [0.2, 0.25) is 0 Å². The zero-order valence-electron chi connectivity index (χ0n) is 7.40. The molecule has 1 N–H and O–H groups in total. The minimum atomic E-state index is -1.48. The van der Waals surface area contributed by atoms with Gasteiger partial charge in [-0.05, 0) is 11.1 Å². The lowest BCUT2D eigenvalue weighted by Crippen LogP contribution is -2.37. The second-order valence-corrected chi connectivity index (χ2v) is 3.92. The SMILES string of the molecule is CC(C)CN(C)C1=NOS(=O)N1. The molecule has 0 bridgehead atoms. The molecule has 1 atom stereocenters. The number of guanidine groups is 1. The van der Waals surface area contributed by atoms with Crippen LogP contribution in [0.15, 0.2) is 5.16 Å². The van der Waals surface area contributed by atoms with Crippen molar-refractivity contribution in [2.45, 2.75) is 13.8 Å². The first kappa shape index (κ1) is 9.31. The lowest BCUT2D eigenvalue weighted by Gasteiger charge is -2.18. The van der Waals surface area contributed by atoms with Gasteiger partial charge in [-0.25, -0.2) is 4.72 Å². The van der Waals surface area contributed by atoms with Crippen LogP contribution in [0.3, 0.4) is 0 Å². The second-order valence-electron chi connectivity index (χ2n) is 3.10. The maximum Gasteiger partial charge on any atom is 0.339 e. The fourth-order valence-electron chi connectivity index (χ4n) is 0.963. The van der Waals surface area contributed by atoms with Gasteiger partial charge in [-0.15, -0.1) is 0 Å². The molecule has 5 nitrogen and oxygen atoms in total. The van der Waals surface area contributed by atoms with Crippen LogP contribution in [0.25, 0.3) is 0 Å². The highest BCUT2D eigenvalue weighted by atomic mass is 32.2. The van der Waals surface area contributed by atoms with E-state index in [9.17, 15) is 4.21 Å². The van der Waals surface area contributed by atoms with Gasteiger partial charge < -0.3 is 4.90 Å². The molecule has 1 rings (SSSR count). The largest absolute Gasteiger partial charge is 0.342 e. The van der Waals surface area contributed by atoms with E-state index in [1.165, 1.54) is 0 Å². The van der Waals surface area contributed by atoms with Crippen LogP contribution in [0.2, 0.25) is 0 Å². The molecule has 0 saturated carbocycles. The Morgan fingerprint density at radius 2 is 2.42 bits per heavy atom. The molecule has 0 aliphatic carbocycles. The Morgan fingerprint density at radius 1 is 1.75 bits per heavy atom. The summed E-state index contributed by atoms with van der Waals surface area (Å²) in [5.41, 5.74) is 0. The fourth-order valence-corrected chi connectivity index (χ4v) is 1.48. The third-order valence-corrected chi connectivity index (χ3v) is 1.93. The van der Waals surface area contributed by atoms with Crippen molar-refractivity contribution < 1.29 is 8.49 Å². The van der Waals surface area contributed by atoms with Gasteiger partial charge in [0.25, 0.3) is 5.96 Å². The number of oxime groups is 1. The van der Waals surface area contributed by atoms with Gasteiger partial charge in [-0.3, -0.25) is 4.28 Å². The number of rotatable bonds is 2. The molecule has 0 fully saturated rings. The van der Waals surface area contributed by atoms with Crippen LogP contribution in [0, 0.1) is 5.92 Å². The summed E-state index contributed by atoms with van der Waals surface area (Å²) in [5, 5.41) is 3.60. The zero-order chi connectivity index (χ0) is 9.14. The van der Waals surface area contributed by atoms with Crippen molar-refractivity contribution in [2.75, 3.05) is 13.6 Å². The summed E-state index contributed by atoms with van der Waals surface area (Å²) in [6.07, 6.45) is 0. The van der Waals surface area contributed by atoms with E-state index in [-0.39, 0.29) is 0 Å². The maximum atomic E-state index is 10.7. The van der Waals surface area contributed by atoms with Crippen molar-refractivity contribution in [3.63, 3.8) is 0 Å². The predicted molar refractivity (Wildman–Crippen MR) is 47.3 cm³/mol. The molecular formula is C6H13N3O2S. The van der Waals surface area contributed by atoms with Crippen LogP contribution >= 0.6 is 0 Å². The molecule has 0 saturated heterocycles. The zero-order valence-corrected chi connectivity index (χ0v) is 8.22. The first-order valence-electron chi connectivity index (χ1n) is 3.74. The molecule has 70 valence electrons. The molecule has 6 heteroatoms. The van der Waals surface area contributed by atoms with Crippen molar-refractivity contribution in [2.24, 2.45) is 11.1 Å². The summed E-state index contributed by atoms with van der Waals surface area (Å²) in [4.78, 5) is 1.87. The van der Waals surface area contributed by atoms with E-state index in [1.807, 2.05) is 11.9 Å². The standard InChI is InChI=1S/C6H13N3O2S/c1-5(2)4-9(3)6-7-11-12(10)8-6/h5H,4H2,1-3H3,(H,7,8). The van der Waals surface area contributed by atoms with E-state index in [4.69, 9.17) is 0 Å². The number of hydrogen-bond acceptors (Lipinski definition) is 4. The van der Waals surface area contributed by atoms with Crippen LogP contribution in [0.5, 0.6) is 0 Å². The Labute approximate surface area is 74.5 Å². The third kappa shape index (κ3) is 2.37. The van der Waals surface area contributed by atoms with E-state index < -0.39 is 11.3 Å². The average molecular weight is 191 g/mol. The number of hydrogen-bond donors (Lipinski definition) is 1. The van der Waals surface area contributed by atoms with Crippen LogP contribution in [0.1, 0.15) is 13.8 Å². The molecule has 0 aromatic rings. The molecule has 0 radical (unpaired) electrons. The third-order valence-electron chi connectivity index (χ3n) is 1.37. The van der Waals surface area contributed by atoms with Crippen molar-refractivity contribution in [1.82, 2.24) is 9.62 Å². The van der Waals surface area contributed by atoms with E-state index in [0.717, 1.165) is 6.54 Å². The molecule has 0 aromatic heterocycles. The number of nitrogens with one attached hydrogen (secondary N) is 1. The van der Waals surface area contributed by atoms with Crippen LogP contribution in [-0.4, -0.2) is 28.7 Å². The van der Waals surface area contributed by atoms with Crippen molar-refractivity contribution in [3.8, 4) is 0 Å². The molecule has 1 unspecified atom stereocenters. The van der Waals surface area contributed by atoms with Crippen LogP contribution < -0.4 is 4.72 Å². The highest BCUT2D eigenvalue weighted by Gasteiger charge is 2.18. The first-order chi connectivity index (χ1) is 5.59. The topological polar surface area (TPSA) is 53.9 Å².